The molecule has 7 heteroatoms. The molecule has 0 bridgehead atoms. The number of hydrogen-bond donors (Lipinski definition) is 1. The summed E-state index contributed by atoms with van der Waals surface area (Å²) < 4.78 is 26.4. The highest BCUT2D eigenvalue weighted by Gasteiger charge is 2.15. The number of carbonyl (C=O) groups excluding carboxylic acids is 1. The molecule has 5 nitrogen and oxygen atoms in total. The van der Waals surface area contributed by atoms with Gasteiger partial charge in [-0.1, -0.05) is 0 Å². The van der Waals surface area contributed by atoms with E-state index in [0.717, 1.165) is 43.9 Å². The topological polar surface area (TPSA) is 58.1 Å². The minimum absolute atomic E-state index is 0.0807. The Kier molecular flexibility index (Phi) is 4.45. The molecule has 0 atom stereocenters. The summed E-state index contributed by atoms with van der Waals surface area (Å²) in [7, 11) is 0. The fraction of sp³-hybridized carbons (Fsp3) is 0.312. The van der Waals surface area contributed by atoms with Crippen LogP contribution < -0.4 is 10.2 Å². The number of benzene rings is 1. The first-order chi connectivity index (χ1) is 11.1. The monoisotopic (exact) mass is 318 g/mol. The van der Waals surface area contributed by atoms with Crippen molar-refractivity contribution in [1.82, 2.24) is 15.3 Å². The third-order valence-electron chi connectivity index (χ3n) is 3.70. The van der Waals surface area contributed by atoms with Crippen LogP contribution in [0.4, 0.5) is 14.6 Å². The zero-order valence-electron chi connectivity index (χ0n) is 12.4. The maximum absolute atomic E-state index is 13.6. The minimum Gasteiger partial charge on any atom is -0.357 e. The van der Waals surface area contributed by atoms with Crippen molar-refractivity contribution >= 4 is 11.7 Å². The Balaban J connectivity index is 1.65. The largest absolute Gasteiger partial charge is 0.357 e. The second-order valence-electron chi connectivity index (χ2n) is 5.33. The van der Waals surface area contributed by atoms with Crippen molar-refractivity contribution in [3.63, 3.8) is 0 Å². The molecule has 1 aromatic heterocycles. The van der Waals surface area contributed by atoms with Gasteiger partial charge >= 0.3 is 0 Å². The SMILES string of the molecule is O=C(NCc1nccc(N2CCCC2)n1)c1ccc(F)cc1F. The molecular formula is C16H16F2N4O. The Labute approximate surface area is 132 Å². The highest BCUT2D eigenvalue weighted by Crippen LogP contribution is 2.17. The van der Waals surface area contributed by atoms with Crippen LogP contribution in [-0.4, -0.2) is 29.0 Å². The number of halogens is 2. The fourth-order valence-electron chi connectivity index (χ4n) is 2.52. The number of anilines is 1. The zero-order valence-corrected chi connectivity index (χ0v) is 12.4. The summed E-state index contributed by atoms with van der Waals surface area (Å²) in [5.41, 5.74) is -0.206. The number of nitrogens with zero attached hydrogens (tertiary/aromatic N) is 3. The molecular weight excluding hydrogens is 302 g/mol. The average Bonchev–Trinajstić information content (AvgIpc) is 3.07. The Morgan fingerprint density at radius 1 is 1.22 bits per heavy atom. The first kappa shape index (κ1) is 15.3. The lowest BCUT2D eigenvalue weighted by Crippen LogP contribution is -2.26. The zero-order chi connectivity index (χ0) is 16.2. The van der Waals surface area contributed by atoms with Crippen LogP contribution >= 0.6 is 0 Å². The van der Waals surface area contributed by atoms with Gasteiger partial charge in [0.25, 0.3) is 5.91 Å². The molecule has 1 aliphatic rings. The van der Waals surface area contributed by atoms with E-state index in [2.05, 4.69) is 20.2 Å². The predicted octanol–water partition coefficient (Wildman–Crippen LogP) is 2.29. The van der Waals surface area contributed by atoms with E-state index in [4.69, 9.17) is 0 Å². The molecule has 0 radical (unpaired) electrons. The van der Waals surface area contributed by atoms with Gasteiger partial charge in [-0.3, -0.25) is 4.79 Å². The summed E-state index contributed by atoms with van der Waals surface area (Å²) in [6.07, 6.45) is 3.92. The molecule has 23 heavy (non-hydrogen) atoms. The number of rotatable bonds is 4. The van der Waals surface area contributed by atoms with Crippen molar-refractivity contribution in [2.75, 3.05) is 18.0 Å². The van der Waals surface area contributed by atoms with Crippen molar-refractivity contribution < 1.29 is 13.6 Å². The summed E-state index contributed by atoms with van der Waals surface area (Å²) in [6.45, 7) is 2.00. The van der Waals surface area contributed by atoms with Gasteiger partial charge in [-0.15, -0.1) is 0 Å². The van der Waals surface area contributed by atoms with Gasteiger partial charge in [0.2, 0.25) is 0 Å². The number of amides is 1. The number of hydrogen-bond acceptors (Lipinski definition) is 4. The Hall–Kier alpha value is -2.57. The molecule has 1 saturated heterocycles. The highest BCUT2D eigenvalue weighted by atomic mass is 19.1. The molecule has 3 rings (SSSR count). The van der Waals surface area contributed by atoms with E-state index < -0.39 is 17.5 Å². The van der Waals surface area contributed by atoms with Crippen molar-refractivity contribution in [2.24, 2.45) is 0 Å². The van der Waals surface area contributed by atoms with Crippen LogP contribution in [0.15, 0.2) is 30.5 Å². The van der Waals surface area contributed by atoms with E-state index in [1.807, 2.05) is 6.07 Å². The van der Waals surface area contributed by atoms with Crippen LogP contribution in [0, 0.1) is 11.6 Å². The van der Waals surface area contributed by atoms with E-state index in [-0.39, 0.29) is 12.1 Å². The van der Waals surface area contributed by atoms with E-state index >= 15 is 0 Å². The Morgan fingerprint density at radius 3 is 2.74 bits per heavy atom. The summed E-state index contributed by atoms with van der Waals surface area (Å²) in [5.74, 6) is -0.965. The summed E-state index contributed by atoms with van der Waals surface area (Å²) in [4.78, 5) is 22.6. The third-order valence-corrected chi connectivity index (χ3v) is 3.70. The van der Waals surface area contributed by atoms with Crippen molar-refractivity contribution in [1.29, 1.82) is 0 Å². The molecule has 120 valence electrons. The van der Waals surface area contributed by atoms with Gasteiger partial charge in [-0.2, -0.15) is 0 Å². The van der Waals surface area contributed by atoms with Gasteiger partial charge in [-0.25, -0.2) is 18.7 Å². The van der Waals surface area contributed by atoms with Gasteiger partial charge < -0.3 is 10.2 Å². The Bertz CT molecular complexity index is 717. The van der Waals surface area contributed by atoms with Crippen LogP contribution in [0.5, 0.6) is 0 Å². The molecule has 0 saturated carbocycles. The summed E-state index contributed by atoms with van der Waals surface area (Å²) in [6, 6.07) is 4.67. The number of carbonyl (C=O) groups is 1. The molecule has 1 amide bonds. The Morgan fingerprint density at radius 2 is 2.00 bits per heavy atom. The van der Waals surface area contributed by atoms with Gasteiger partial charge in [0.15, 0.2) is 0 Å². The van der Waals surface area contributed by atoms with E-state index in [1.165, 1.54) is 0 Å². The molecule has 1 fully saturated rings. The van der Waals surface area contributed by atoms with E-state index in [9.17, 15) is 13.6 Å². The highest BCUT2D eigenvalue weighted by molar-refractivity contribution is 5.94. The second kappa shape index (κ2) is 6.68. The van der Waals surface area contributed by atoms with Crippen LogP contribution in [0.1, 0.15) is 29.0 Å². The maximum Gasteiger partial charge on any atom is 0.254 e. The van der Waals surface area contributed by atoms with Gasteiger partial charge in [0.05, 0.1) is 12.1 Å². The van der Waals surface area contributed by atoms with Crippen molar-refractivity contribution in [3.8, 4) is 0 Å². The predicted molar refractivity (Wildman–Crippen MR) is 81.0 cm³/mol. The maximum atomic E-state index is 13.6. The normalized spacial score (nSPS) is 14.1. The summed E-state index contributed by atoms with van der Waals surface area (Å²) >= 11 is 0. The number of nitrogens with one attached hydrogen (secondary N) is 1. The lowest BCUT2D eigenvalue weighted by atomic mass is 10.2. The molecule has 0 aliphatic carbocycles. The fourth-order valence-corrected chi connectivity index (χ4v) is 2.52. The molecule has 0 unspecified atom stereocenters. The first-order valence-electron chi connectivity index (χ1n) is 7.43. The van der Waals surface area contributed by atoms with Gasteiger partial charge in [-0.05, 0) is 31.0 Å². The van der Waals surface area contributed by atoms with E-state index in [0.29, 0.717) is 11.9 Å². The van der Waals surface area contributed by atoms with Crippen LogP contribution in [0.2, 0.25) is 0 Å². The van der Waals surface area contributed by atoms with Gasteiger partial charge in [0.1, 0.15) is 23.3 Å². The van der Waals surface area contributed by atoms with Crippen molar-refractivity contribution in [2.45, 2.75) is 19.4 Å². The molecule has 0 spiro atoms. The lowest BCUT2D eigenvalue weighted by molar-refractivity contribution is 0.0945. The van der Waals surface area contributed by atoms with Gasteiger partial charge in [0, 0.05) is 25.4 Å². The smallest absolute Gasteiger partial charge is 0.254 e. The average molecular weight is 318 g/mol. The lowest BCUT2D eigenvalue weighted by Gasteiger charge is -2.16. The third kappa shape index (κ3) is 3.61. The molecule has 2 aromatic rings. The van der Waals surface area contributed by atoms with Crippen molar-refractivity contribution in [3.05, 3.63) is 53.5 Å². The van der Waals surface area contributed by atoms with Crippen LogP contribution in [0.3, 0.4) is 0 Å². The van der Waals surface area contributed by atoms with E-state index in [1.54, 1.807) is 6.20 Å². The molecule has 1 aliphatic heterocycles. The first-order valence-corrected chi connectivity index (χ1v) is 7.43. The molecule has 1 aromatic carbocycles. The summed E-state index contributed by atoms with van der Waals surface area (Å²) in [5, 5.41) is 2.55. The minimum atomic E-state index is -0.894. The quantitative estimate of drug-likeness (QED) is 0.940. The van der Waals surface area contributed by atoms with Crippen LogP contribution in [0.25, 0.3) is 0 Å². The molecule has 2 heterocycles. The number of aromatic nitrogens is 2. The standard InChI is InChI=1S/C16H16F2N4O/c17-11-3-4-12(13(18)9-11)16(23)20-10-14-19-6-5-15(21-14)22-7-1-2-8-22/h3-6,9H,1-2,7-8,10H2,(H,20,23). The molecule has 1 N–H and O–H groups in total. The second-order valence-corrected chi connectivity index (χ2v) is 5.33. The van der Waals surface area contributed by atoms with Crippen LogP contribution in [-0.2, 0) is 6.54 Å².